The van der Waals surface area contributed by atoms with E-state index in [0.717, 1.165) is 16.0 Å². The van der Waals surface area contributed by atoms with Crippen molar-refractivity contribution in [1.29, 1.82) is 0 Å². The molecule has 8 nitrogen and oxygen atoms in total. The van der Waals surface area contributed by atoms with Crippen LogP contribution >= 0.6 is 11.3 Å². The molecule has 3 amide bonds. The second-order valence-corrected chi connectivity index (χ2v) is 11.6. The molecule has 4 heterocycles. The zero-order valence-corrected chi connectivity index (χ0v) is 22.9. The number of benzene rings is 1. The van der Waals surface area contributed by atoms with Crippen molar-refractivity contribution in [2.75, 3.05) is 13.1 Å². The van der Waals surface area contributed by atoms with Gasteiger partial charge in [-0.15, -0.1) is 11.3 Å². The second-order valence-electron chi connectivity index (χ2n) is 10.5. The molecule has 9 heteroatoms. The van der Waals surface area contributed by atoms with Gasteiger partial charge >= 0.3 is 0 Å². The van der Waals surface area contributed by atoms with Gasteiger partial charge in [-0.1, -0.05) is 50.2 Å². The van der Waals surface area contributed by atoms with Gasteiger partial charge < -0.3 is 15.1 Å². The zero-order valence-electron chi connectivity index (χ0n) is 22.1. The van der Waals surface area contributed by atoms with Crippen LogP contribution in [0.2, 0.25) is 0 Å². The number of amides is 3. The first-order chi connectivity index (χ1) is 18.8. The van der Waals surface area contributed by atoms with Crippen LogP contribution in [0.1, 0.15) is 41.9 Å². The average molecular weight is 545 g/mol. The number of hydrogen-bond acceptors (Lipinski definition) is 6. The Morgan fingerprint density at radius 1 is 1.05 bits per heavy atom. The smallest absolute Gasteiger partial charge is 0.262 e. The molecular formula is C30H32N4O4S. The van der Waals surface area contributed by atoms with Gasteiger partial charge in [-0.25, -0.2) is 0 Å². The second kappa shape index (κ2) is 11.5. The Bertz CT molecular complexity index is 1360. The Morgan fingerprint density at radius 2 is 1.85 bits per heavy atom. The number of ketones is 1. The number of rotatable bonds is 8. The van der Waals surface area contributed by atoms with Crippen LogP contribution in [0.25, 0.3) is 10.4 Å². The van der Waals surface area contributed by atoms with Crippen LogP contribution in [-0.4, -0.2) is 69.5 Å². The molecule has 2 fully saturated rings. The van der Waals surface area contributed by atoms with E-state index in [1.54, 1.807) is 34.3 Å². The van der Waals surface area contributed by atoms with E-state index in [2.05, 4.69) is 10.3 Å². The highest BCUT2D eigenvalue weighted by molar-refractivity contribution is 7.17. The SMILES string of the molecule is CC(C)CC(NC(=O)c1ccc(-c2ccccc2)s1)C(=O)N1CCC2C1C(=O)CN2C(=O)Cc1cccnc1. The summed E-state index contributed by atoms with van der Waals surface area (Å²) in [5.41, 5.74) is 1.81. The highest BCUT2D eigenvalue weighted by Gasteiger charge is 2.52. The molecule has 2 aliphatic heterocycles. The summed E-state index contributed by atoms with van der Waals surface area (Å²) in [4.78, 5) is 61.9. The fourth-order valence-corrected chi connectivity index (χ4v) is 6.42. The van der Waals surface area contributed by atoms with E-state index in [-0.39, 0.29) is 48.4 Å². The minimum atomic E-state index is -0.758. The van der Waals surface area contributed by atoms with Gasteiger partial charge in [-0.3, -0.25) is 24.2 Å². The van der Waals surface area contributed by atoms with Crippen LogP contribution in [0.4, 0.5) is 0 Å². The fraction of sp³-hybridized carbons (Fsp3) is 0.367. The van der Waals surface area contributed by atoms with Crippen molar-refractivity contribution in [2.24, 2.45) is 5.92 Å². The van der Waals surface area contributed by atoms with Crippen molar-refractivity contribution < 1.29 is 19.2 Å². The van der Waals surface area contributed by atoms with Crippen LogP contribution in [0, 0.1) is 5.92 Å². The third kappa shape index (κ3) is 5.78. The van der Waals surface area contributed by atoms with E-state index >= 15 is 0 Å². The van der Waals surface area contributed by atoms with Crippen molar-refractivity contribution in [3.05, 3.63) is 77.4 Å². The monoisotopic (exact) mass is 544 g/mol. The Balaban J connectivity index is 1.28. The molecule has 1 aromatic carbocycles. The van der Waals surface area contributed by atoms with Crippen molar-refractivity contribution in [2.45, 2.75) is 51.2 Å². The van der Waals surface area contributed by atoms with Crippen LogP contribution in [0.5, 0.6) is 0 Å². The number of likely N-dealkylation sites (tertiary alicyclic amines) is 2. The zero-order chi connectivity index (χ0) is 27.5. The van der Waals surface area contributed by atoms with E-state index < -0.39 is 12.1 Å². The van der Waals surface area contributed by atoms with Gasteiger partial charge in [0.25, 0.3) is 5.91 Å². The molecule has 5 rings (SSSR count). The molecule has 0 radical (unpaired) electrons. The van der Waals surface area contributed by atoms with Crippen LogP contribution in [0.15, 0.2) is 67.0 Å². The lowest BCUT2D eigenvalue weighted by atomic mass is 10.0. The Kier molecular flexibility index (Phi) is 7.88. The predicted octanol–water partition coefficient (Wildman–Crippen LogP) is 3.58. The Morgan fingerprint density at radius 3 is 2.56 bits per heavy atom. The fourth-order valence-electron chi connectivity index (χ4n) is 5.51. The minimum Gasteiger partial charge on any atom is -0.340 e. The van der Waals surface area contributed by atoms with Gasteiger partial charge in [0.05, 0.1) is 23.9 Å². The maximum absolute atomic E-state index is 13.8. The quantitative estimate of drug-likeness (QED) is 0.467. The van der Waals surface area contributed by atoms with E-state index in [1.807, 2.05) is 56.3 Å². The number of nitrogens with zero attached hydrogens (tertiary/aromatic N) is 3. The largest absolute Gasteiger partial charge is 0.340 e. The van der Waals surface area contributed by atoms with E-state index in [0.29, 0.717) is 24.3 Å². The molecular weight excluding hydrogens is 512 g/mol. The van der Waals surface area contributed by atoms with Gasteiger partial charge in [0.2, 0.25) is 11.8 Å². The topological polar surface area (TPSA) is 99.7 Å². The number of thiophene rings is 1. The molecule has 3 unspecified atom stereocenters. The Labute approximate surface area is 232 Å². The molecule has 3 aromatic rings. The van der Waals surface area contributed by atoms with E-state index in [1.165, 1.54) is 11.3 Å². The average Bonchev–Trinajstić information content (AvgIpc) is 3.66. The van der Waals surface area contributed by atoms with Crippen LogP contribution in [-0.2, 0) is 20.8 Å². The lowest BCUT2D eigenvalue weighted by Crippen LogP contribution is -2.52. The number of pyridine rings is 1. The summed E-state index contributed by atoms with van der Waals surface area (Å²) in [6.07, 6.45) is 4.45. The number of carbonyl (C=O) groups is 4. The molecule has 0 saturated carbocycles. The number of aromatic nitrogens is 1. The standard InChI is InChI=1S/C30H32N4O4S/c1-19(2)15-22(32-29(37)26-11-10-25(39-26)21-8-4-3-5-9-21)30(38)33-14-12-23-28(33)24(35)18-34(23)27(36)16-20-7-6-13-31-17-20/h3-11,13,17,19,22-23,28H,12,14-16,18H2,1-2H3,(H,32,37). The lowest BCUT2D eigenvalue weighted by Gasteiger charge is -2.29. The first-order valence-corrected chi connectivity index (χ1v) is 14.1. The highest BCUT2D eigenvalue weighted by Crippen LogP contribution is 2.32. The summed E-state index contributed by atoms with van der Waals surface area (Å²) < 4.78 is 0. The number of Topliss-reactive ketones (excluding diaryl/α,β-unsaturated/α-hetero) is 1. The van der Waals surface area contributed by atoms with Crippen molar-refractivity contribution in [1.82, 2.24) is 20.1 Å². The predicted molar refractivity (Wildman–Crippen MR) is 149 cm³/mol. The van der Waals surface area contributed by atoms with Crippen molar-refractivity contribution in [3.8, 4) is 10.4 Å². The van der Waals surface area contributed by atoms with Crippen molar-refractivity contribution >= 4 is 34.8 Å². The molecule has 1 N–H and O–H groups in total. The molecule has 2 aliphatic rings. The van der Waals surface area contributed by atoms with E-state index in [4.69, 9.17) is 0 Å². The third-order valence-corrected chi connectivity index (χ3v) is 8.44. The molecule has 0 bridgehead atoms. The molecule has 39 heavy (non-hydrogen) atoms. The van der Waals surface area contributed by atoms with Gasteiger partial charge in [0, 0.05) is 23.8 Å². The van der Waals surface area contributed by atoms with Crippen LogP contribution < -0.4 is 5.32 Å². The number of hydrogen-bond donors (Lipinski definition) is 1. The summed E-state index contributed by atoms with van der Waals surface area (Å²) in [5.74, 6) is -0.692. The van der Waals surface area contributed by atoms with Crippen LogP contribution in [0.3, 0.4) is 0 Å². The lowest BCUT2D eigenvalue weighted by molar-refractivity contribution is -0.138. The molecule has 2 aromatic heterocycles. The molecule has 3 atom stereocenters. The number of carbonyl (C=O) groups excluding carboxylic acids is 4. The summed E-state index contributed by atoms with van der Waals surface area (Å²) in [5, 5.41) is 2.95. The minimum absolute atomic E-state index is 0.00310. The first-order valence-electron chi connectivity index (χ1n) is 13.3. The molecule has 0 spiro atoms. The normalized spacial score (nSPS) is 19.3. The maximum Gasteiger partial charge on any atom is 0.262 e. The summed E-state index contributed by atoms with van der Waals surface area (Å²) in [6, 6.07) is 15.4. The molecule has 202 valence electrons. The first kappa shape index (κ1) is 26.7. The van der Waals surface area contributed by atoms with Crippen molar-refractivity contribution in [3.63, 3.8) is 0 Å². The van der Waals surface area contributed by atoms with Gasteiger partial charge in [0.15, 0.2) is 5.78 Å². The third-order valence-electron chi connectivity index (χ3n) is 7.30. The maximum atomic E-state index is 13.8. The number of nitrogens with one attached hydrogen (secondary N) is 1. The van der Waals surface area contributed by atoms with Gasteiger partial charge in [0.1, 0.15) is 12.1 Å². The number of fused-ring (bicyclic) bond motifs is 1. The van der Waals surface area contributed by atoms with Gasteiger partial charge in [-0.2, -0.15) is 0 Å². The highest BCUT2D eigenvalue weighted by atomic mass is 32.1. The molecule has 0 aliphatic carbocycles. The van der Waals surface area contributed by atoms with Gasteiger partial charge in [-0.05, 0) is 48.1 Å². The summed E-state index contributed by atoms with van der Waals surface area (Å²) >= 11 is 1.38. The summed E-state index contributed by atoms with van der Waals surface area (Å²) in [7, 11) is 0. The molecule has 2 saturated heterocycles. The van der Waals surface area contributed by atoms with E-state index in [9.17, 15) is 19.2 Å². The summed E-state index contributed by atoms with van der Waals surface area (Å²) in [6.45, 7) is 4.37. The Hall–Kier alpha value is -3.85.